The summed E-state index contributed by atoms with van der Waals surface area (Å²) in [6.07, 6.45) is 0.946. The molecule has 1 heterocycles. The molecule has 0 spiro atoms. The summed E-state index contributed by atoms with van der Waals surface area (Å²) >= 11 is 0. The van der Waals surface area contributed by atoms with Crippen LogP contribution >= 0.6 is 24.0 Å². The summed E-state index contributed by atoms with van der Waals surface area (Å²) < 4.78 is 21.9. The van der Waals surface area contributed by atoms with Gasteiger partial charge in [-0.25, -0.2) is 0 Å². The molecule has 148 valence electrons. The third kappa shape index (κ3) is 8.31. The van der Waals surface area contributed by atoms with Gasteiger partial charge in [-0.15, -0.1) is 24.0 Å². The maximum atomic E-state index is 5.71. The smallest absolute Gasteiger partial charge is 0.231 e. The molecule has 0 radical (unpaired) electrons. The number of hydrogen-bond donors (Lipinski definition) is 2. The van der Waals surface area contributed by atoms with E-state index >= 15 is 0 Å². The highest BCUT2D eigenvalue weighted by Gasteiger charge is 2.13. The second-order valence-electron chi connectivity index (χ2n) is 6.11. The lowest BCUT2D eigenvalue weighted by atomic mass is 10.2. The molecule has 1 aliphatic heterocycles. The van der Waals surface area contributed by atoms with Crippen LogP contribution in [0.3, 0.4) is 0 Å². The number of ether oxygens (including phenoxy) is 4. The van der Waals surface area contributed by atoms with E-state index in [2.05, 4.69) is 29.5 Å². The maximum Gasteiger partial charge on any atom is 0.231 e. The minimum absolute atomic E-state index is 0. The molecule has 7 nitrogen and oxygen atoms in total. The third-order valence-corrected chi connectivity index (χ3v) is 3.44. The van der Waals surface area contributed by atoms with Crippen LogP contribution in [0.25, 0.3) is 0 Å². The predicted octanol–water partition coefficient (Wildman–Crippen LogP) is 2.64. The van der Waals surface area contributed by atoms with Crippen LogP contribution in [0.15, 0.2) is 23.2 Å². The van der Waals surface area contributed by atoms with Crippen LogP contribution in [-0.4, -0.2) is 52.7 Å². The van der Waals surface area contributed by atoms with Crippen LogP contribution in [0.2, 0.25) is 0 Å². The molecule has 0 aliphatic carbocycles. The van der Waals surface area contributed by atoms with Crippen molar-refractivity contribution in [2.24, 2.45) is 10.9 Å². The number of halogens is 1. The van der Waals surface area contributed by atoms with Crippen LogP contribution in [0.4, 0.5) is 0 Å². The Hall–Kier alpha value is -1.42. The molecule has 0 amide bonds. The summed E-state index contributed by atoms with van der Waals surface area (Å²) in [6, 6.07) is 5.57. The van der Waals surface area contributed by atoms with Crippen molar-refractivity contribution in [3.63, 3.8) is 0 Å². The van der Waals surface area contributed by atoms with Gasteiger partial charge in [0.15, 0.2) is 17.5 Å². The molecule has 0 unspecified atom stereocenters. The molecule has 0 saturated carbocycles. The zero-order valence-electron chi connectivity index (χ0n) is 15.7. The molecule has 0 bridgehead atoms. The zero-order chi connectivity index (χ0) is 17.9. The van der Waals surface area contributed by atoms with Crippen molar-refractivity contribution in [2.75, 3.05) is 46.8 Å². The van der Waals surface area contributed by atoms with E-state index in [9.17, 15) is 0 Å². The second kappa shape index (κ2) is 12.9. The molecule has 0 saturated heterocycles. The first-order valence-corrected chi connectivity index (χ1v) is 8.73. The lowest BCUT2D eigenvalue weighted by molar-refractivity contribution is 0.108. The largest absolute Gasteiger partial charge is 0.492 e. The Morgan fingerprint density at radius 1 is 1.15 bits per heavy atom. The fourth-order valence-electron chi connectivity index (χ4n) is 2.23. The van der Waals surface area contributed by atoms with Gasteiger partial charge in [-0.1, -0.05) is 13.8 Å². The van der Waals surface area contributed by atoms with Crippen molar-refractivity contribution in [3.8, 4) is 17.2 Å². The van der Waals surface area contributed by atoms with Crippen molar-refractivity contribution in [1.82, 2.24) is 10.6 Å². The molecule has 26 heavy (non-hydrogen) atoms. The van der Waals surface area contributed by atoms with Crippen LogP contribution in [0.5, 0.6) is 17.2 Å². The Bertz CT molecular complexity index is 555. The lowest BCUT2D eigenvalue weighted by Crippen LogP contribution is -2.39. The molecular formula is C18H30IN3O4. The summed E-state index contributed by atoms with van der Waals surface area (Å²) in [5.74, 6) is 3.58. The maximum absolute atomic E-state index is 5.71. The Labute approximate surface area is 172 Å². The van der Waals surface area contributed by atoms with E-state index in [4.69, 9.17) is 18.9 Å². The molecule has 8 heteroatoms. The van der Waals surface area contributed by atoms with Crippen LogP contribution < -0.4 is 24.8 Å². The average molecular weight is 479 g/mol. The lowest BCUT2D eigenvalue weighted by Gasteiger charge is -2.13. The summed E-state index contributed by atoms with van der Waals surface area (Å²) in [6.45, 7) is 8.13. The minimum atomic E-state index is 0. The fourth-order valence-corrected chi connectivity index (χ4v) is 2.23. The molecular weight excluding hydrogens is 449 g/mol. The van der Waals surface area contributed by atoms with Crippen molar-refractivity contribution >= 4 is 29.9 Å². The minimum Gasteiger partial charge on any atom is -0.492 e. The van der Waals surface area contributed by atoms with Gasteiger partial charge in [-0.05, 0) is 24.5 Å². The highest BCUT2D eigenvalue weighted by molar-refractivity contribution is 14.0. The average Bonchev–Trinajstić information content (AvgIpc) is 3.07. The second-order valence-corrected chi connectivity index (χ2v) is 6.11. The quantitative estimate of drug-likeness (QED) is 0.233. The number of fused-ring (bicyclic) bond motifs is 1. The molecule has 2 N–H and O–H groups in total. The van der Waals surface area contributed by atoms with E-state index in [0.29, 0.717) is 19.1 Å². The third-order valence-electron chi connectivity index (χ3n) is 3.44. The van der Waals surface area contributed by atoms with Gasteiger partial charge >= 0.3 is 0 Å². The standard InChI is InChI=1S/C18H29N3O4.HI/c1-14(2)12-22-9-4-7-20-18(19-3)21-8-10-23-15-5-6-16-17(11-15)25-13-24-16;/h5-6,11,14H,4,7-10,12-13H2,1-3H3,(H2,19,20,21);1H. The van der Waals surface area contributed by atoms with Crippen molar-refractivity contribution in [2.45, 2.75) is 20.3 Å². The Morgan fingerprint density at radius 3 is 2.69 bits per heavy atom. The van der Waals surface area contributed by atoms with E-state index in [1.54, 1.807) is 7.05 Å². The van der Waals surface area contributed by atoms with E-state index in [1.165, 1.54) is 0 Å². The van der Waals surface area contributed by atoms with E-state index in [0.717, 1.165) is 49.4 Å². The summed E-state index contributed by atoms with van der Waals surface area (Å²) in [5.41, 5.74) is 0. The van der Waals surface area contributed by atoms with Gasteiger partial charge in [0, 0.05) is 32.9 Å². The number of hydrogen-bond acceptors (Lipinski definition) is 5. The number of nitrogens with one attached hydrogen (secondary N) is 2. The normalized spacial score (nSPS) is 12.7. The van der Waals surface area contributed by atoms with Gasteiger partial charge in [0.1, 0.15) is 12.4 Å². The summed E-state index contributed by atoms with van der Waals surface area (Å²) in [7, 11) is 1.75. The van der Waals surface area contributed by atoms with Crippen LogP contribution in [0, 0.1) is 5.92 Å². The van der Waals surface area contributed by atoms with Gasteiger partial charge < -0.3 is 29.6 Å². The first-order valence-electron chi connectivity index (χ1n) is 8.73. The van der Waals surface area contributed by atoms with Crippen molar-refractivity contribution in [3.05, 3.63) is 18.2 Å². The van der Waals surface area contributed by atoms with Crippen LogP contribution in [0.1, 0.15) is 20.3 Å². The molecule has 1 aromatic carbocycles. The van der Waals surface area contributed by atoms with Crippen molar-refractivity contribution in [1.29, 1.82) is 0 Å². The highest BCUT2D eigenvalue weighted by Crippen LogP contribution is 2.34. The van der Waals surface area contributed by atoms with Gasteiger partial charge in [0.2, 0.25) is 6.79 Å². The number of nitrogens with zero attached hydrogens (tertiary/aromatic N) is 1. The number of rotatable bonds is 10. The van der Waals surface area contributed by atoms with Gasteiger partial charge in [0.25, 0.3) is 0 Å². The number of aliphatic imine (C=N–C) groups is 1. The molecule has 1 aromatic rings. The molecule has 0 fully saturated rings. The first-order chi connectivity index (χ1) is 12.2. The molecule has 2 rings (SSSR count). The molecule has 1 aliphatic rings. The summed E-state index contributed by atoms with van der Waals surface area (Å²) in [5, 5.41) is 6.48. The Balaban J connectivity index is 0.00000338. The topological polar surface area (TPSA) is 73.3 Å². The van der Waals surface area contributed by atoms with E-state index in [1.807, 2.05) is 18.2 Å². The highest BCUT2D eigenvalue weighted by atomic mass is 127. The van der Waals surface area contributed by atoms with E-state index < -0.39 is 0 Å². The van der Waals surface area contributed by atoms with E-state index in [-0.39, 0.29) is 30.8 Å². The number of benzene rings is 1. The predicted molar refractivity (Wildman–Crippen MR) is 113 cm³/mol. The fraction of sp³-hybridized carbons (Fsp3) is 0.611. The monoisotopic (exact) mass is 479 g/mol. The summed E-state index contributed by atoms with van der Waals surface area (Å²) in [4.78, 5) is 4.19. The molecule has 0 atom stereocenters. The number of guanidine groups is 1. The zero-order valence-corrected chi connectivity index (χ0v) is 18.1. The first kappa shape index (κ1) is 22.6. The molecule has 0 aromatic heterocycles. The van der Waals surface area contributed by atoms with Gasteiger partial charge in [0.05, 0.1) is 6.54 Å². The Morgan fingerprint density at radius 2 is 1.92 bits per heavy atom. The Kier molecular flexibility index (Phi) is 11.2. The van der Waals surface area contributed by atoms with Crippen molar-refractivity contribution < 1.29 is 18.9 Å². The SMILES string of the molecule is CN=C(NCCCOCC(C)C)NCCOc1ccc2c(c1)OCO2.I. The van der Waals surface area contributed by atoms with Crippen LogP contribution in [-0.2, 0) is 4.74 Å². The van der Waals surface area contributed by atoms with Gasteiger partial charge in [-0.2, -0.15) is 0 Å². The van der Waals surface area contributed by atoms with Gasteiger partial charge in [-0.3, -0.25) is 4.99 Å².